The number of rotatable bonds is 3. The SMILES string of the molecule is CO/N=C(/C(=O)O)c1ccccc1C.[NaH]. The van der Waals surface area contributed by atoms with E-state index in [1.54, 1.807) is 12.1 Å². The number of carboxylic acids is 1. The standard InChI is InChI=1S/C10H11NO3.Na.H/c1-7-5-3-4-6-8(7)9(10(12)13)11-14-2;;/h3-6H,1-2H3,(H,12,13);;/b11-9+;;. The third-order valence-electron chi connectivity index (χ3n) is 1.79. The molecule has 0 fully saturated rings. The molecule has 0 aliphatic carbocycles. The van der Waals surface area contributed by atoms with Crippen molar-refractivity contribution in [2.24, 2.45) is 5.16 Å². The number of aliphatic carboxylic acids is 1. The van der Waals surface area contributed by atoms with Crippen LogP contribution in [-0.2, 0) is 9.63 Å². The van der Waals surface area contributed by atoms with Crippen LogP contribution in [0.25, 0.3) is 0 Å². The van der Waals surface area contributed by atoms with Crippen molar-refractivity contribution in [1.29, 1.82) is 0 Å². The molecule has 0 aliphatic rings. The molecule has 0 heterocycles. The molecule has 0 bridgehead atoms. The molecule has 4 nitrogen and oxygen atoms in total. The predicted molar refractivity (Wildman–Crippen MR) is 59.5 cm³/mol. The van der Waals surface area contributed by atoms with Crippen molar-refractivity contribution in [3.05, 3.63) is 35.4 Å². The van der Waals surface area contributed by atoms with Crippen LogP contribution in [0.2, 0.25) is 0 Å². The molecule has 1 rings (SSSR count). The van der Waals surface area contributed by atoms with Gasteiger partial charge in [0.15, 0.2) is 5.71 Å². The normalized spacial score (nSPS) is 10.4. The van der Waals surface area contributed by atoms with Gasteiger partial charge in [0.05, 0.1) is 0 Å². The zero-order valence-electron chi connectivity index (χ0n) is 8.02. The van der Waals surface area contributed by atoms with E-state index in [0.29, 0.717) is 5.56 Å². The van der Waals surface area contributed by atoms with Crippen molar-refractivity contribution in [3.8, 4) is 0 Å². The van der Waals surface area contributed by atoms with E-state index >= 15 is 0 Å². The first-order chi connectivity index (χ1) is 6.66. The van der Waals surface area contributed by atoms with E-state index < -0.39 is 5.97 Å². The molecule has 0 amide bonds. The number of oxime groups is 1. The van der Waals surface area contributed by atoms with Gasteiger partial charge in [-0.1, -0.05) is 29.4 Å². The monoisotopic (exact) mass is 217 g/mol. The van der Waals surface area contributed by atoms with E-state index in [1.165, 1.54) is 7.11 Å². The van der Waals surface area contributed by atoms with Crippen LogP contribution in [0.4, 0.5) is 0 Å². The third-order valence-corrected chi connectivity index (χ3v) is 1.79. The quantitative estimate of drug-likeness (QED) is 0.462. The Morgan fingerprint density at radius 1 is 1.40 bits per heavy atom. The van der Waals surface area contributed by atoms with Crippen molar-refractivity contribution in [2.45, 2.75) is 6.92 Å². The summed E-state index contributed by atoms with van der Waals surface area (Å²) in [7, 11) is 1.32. The summed E-state index contributed by atoms with van der Waals surface area (Å²) in [6.45, 7) is 1.82. The van der Waals surface area contributed by atoms with Gasteiger partial charge in [-0.05, 0) is 12.5 Å². The van der Waals surface area contributed by atoms with E-state index in [1.807, 2.05) is 19.1 Å². The molecule has 1 aromatic rings. The molecule has 5 heteroatoms. The second kappa shape index (κ2) is 6.61. The second-order valence-electron chi connectivity index (χ2n) is 2.74. The zero-order chi connectivity index (χ0) is 10.6. The Labute approximate surface area is 110 Å². The summed E-state index contributed by atoms with van der Waals surface area (Å²) in [5.74, 6) is -1.10. The Kier molecular flexibility index (Phi) is 6.24. The summed E-state index contributed by atoms with van der Waals surface area (Å²) >= 11 is 0. The summed E-state index contributed by atoms with van der Waals surface area (Å²) < 4.78 is 0. The van der Waals surface area contributed by atoms with Gasteiger partial charge in [0.25, 0.3) is 0 Å². The Bertz CT molecular complexity index is 377. The summed E-state index contributed by atoms with van der Waals surface area (Å²) in [6.07, 6.45) is 0. The number of hydrogen-bond donors (Lipinski definition) is 1. The molecular weight excluding hydrogens is 205 g/mol. The van der Waals surface area contributed by atoms with Gasteiger partial charge >= 0.3 is 35.5 Å². The molecule has 0 saturated heterocycles. The molecule has 0 atom stereocenters. The fraction of sp³-hybridized carbons (Fsp3) is 0.200. The molecular formula is C10H12NNaO3. The molecule has 0 aliphatic heterocycles. The van der Waals surface area contributed by atoms with Crippen molar-refractivity contribution >= 4 is 41.2 Å². The summed E-state index contributed by atoms with van der Waals surface area (Å²) in [4.78, 5) is 15.3. The van der Waals surface area contributed by atoms with Crippen LogP contribution in [0.5, 0.6) is 0 Å². The Morgan fingerprint density at radius 2 is 2.00 bits per heavy atom. The average Bonchev–Trinajstić information content (AvgIpc) is 2.15. The second-order valence-corrected chi connectivity index (χ2v) is 2.74. The third kappa shape index (κ3) is 3.66. The van der Waals surface area contributed by atoms with Crippen molar-refractivity contribution < 1.29 is 14.7 Å². The maximum absolute atomic E-state index is 10.8. The molecule has 0 aromatic heterocycles. The topological polar surface area (TPSA) is 58.9 Å². The van der Waals surface area contributed by atoms with Crippen molar-refractivity contribution in [2.75, 3.05) is 7.11 Å². The van der Waals surface area contributed by atoms with Crippen LogP contribution in [0.15, 0.2) is 29.4 Å². The van der Waals surface area contributed by atoms with E-state index in [9.17, 15) is 4.79 Å². The van der Waals surface area contributed by atoms with E-state index in [0.717, 1.165) is 5.56 Å². The van der Waals surface area contributed by atoms with Crippen LogP contribution in [0.1, 0.15) is 11.1 Å². The molecule has 15 heavy (non-hydrogen) atoms. The van der Waals surface area contributed by atoms with E-state index in [-0.39, 0.29) is 35.3 Å². The first-order valence-corrected chi connectivity index (χ1v) is 4.07. The van der Waals surface area contributed by atoms with Gasteiger partial charge in [0.2, 0.25) is 0 Å². The van der Waals surface area contributed by atoms with Gasteiger partial charge in [-0.25, -0.2) is 4.79 Å². The summed E-state index contributed by atoms with van der Waals surface area (Å²) in [6, 6.07) is 7.12. The molecule has 0 unspecified atom stereocenters. The molecule has 1 N–H and O–H groups in total. The Hall–Kier alpha value is -0.840. The number of aryl methyl sites for hydroxylation is 1. The number of nitrogens with zero attached hydrogens (tertiary/aromatic N) is 1. The number of hydrogen-bond acceptors (Lipinski definition) is 3. The number of benzene rings is 1. The van der Waals surface area contributed by atoms with Gasteiger partial charge in [-0.15, -0.1) is 0 Å². The summed E-state index contributed by atoms with van der Waals surface area (Å²) in [5.41, 5.74) is 1.35. The Morgan fingerprint density at radius 3 is 2.47 bits per heavy atom. The molecule has 0 radical (unpaired) electrons. The number of carboxylic acid groups (broad SMARTS) is 1. The number of carbonyl (C=O) groups is 1. The van der Waals surface area contributed by atoms with E-state index in [2.05, 4.69) is 9.99 Å². The van der Waals surface area contributed by atoms with Crippen LogP contribution in [-0.4, -0.2) is 53.5 Å². The maximum atomic E-state index is 10.8. The predicted octanol–water partition coefficient (Wildman–Crippen LogP) is 0.782. The first kappa shape index (κ1) is 14.2. The van der Waals surface area contributed by atoms with Gasteiger partial charge in [0.1, 0.15) is 7.11 Å². The van der Waals surface area contributed by atoms with Crippen LogP contribution < -0.4 is 0 Å². The van der Waals surface area contributed by atoms with Gasteiger partial charge in [-0.2, -0.15) is 0 Å². The van der Waals surface area contributed by atoms with Gasteiger partial charge in [0, 0.05) is 5.56 Å². The fourth-order valence-electron chi connectivity index (χ4n) is 1.13. The van der Waals surface area contributed by atoms with Gasteiger partial charge < -0.3 is 9.94 Å². The molecule has 1 aromatic carbocycles. The molecule has 76 valence electrons. The minimum absolute atomic E-state index is 0. The van der Waals surface area contributed by atoms with E-state index in [4.69, 9.17) is 5.11 Å². The van der Waals surface area contributed by atoms with Crippen LogP contribution in [0.3, 0.4) is 0 Å². The molecule has 0 saturated carbocycles. The first-order valence-electron chi connectivity index (χ1n) is 4.07. The molecule has 0 spiro atoms. The zero-order valence-corrected chi connectivity index (χ0v) is 8.02. The minimum atomic E-state index is -1.10. The van der Waals surface area contributed by atoms with Crippen molar-refractivity contribution in [1.82, 2.24) is 0 Å². The van der Waals surface area contributed by atoms with Crippen molar-refractivity contribution in [3.63, 3.8) is 0 Å². The Balaban J connectivity index is 0.00000196. The summed E-state index contributed by atoms with van der Waals surface area (Å²) in [5, 5.41) is 12.3. The fourth-order valence-corrected chi connectivity index (χ4v) is 1.13. The van der Waals surface area contributed by atoms with Crippen LogP contribution >= 0.6 is 0 Å². The average molecular weight is 217 g/mol. The van der Waals surface area contributed by atoms with Crippen LogP contribution in [0, 0.1) is 6.92 Å². The van der Waals surface area contributed by atoms with Gasteiger partial charge in [-0.3, -0.25) is 0 Å².